The fourth-order valence-electron chi connectivity index (χ4n) is 4.29. The topological polar surface area (TPSA) is 69.4 Å². The zero-order chi connectivity index (χ0) is 25.3. The first-order valence-corrected chi connectivity index (χ1v) is 11.7. The molecule has 0 aliphatic carbocycles. The largest absolute Gasteiger partial charge is 0.573 e. The van der Waals surface area contributed by atoms with E-state index in [1.165, 1.54) is 30.0 Å². The van der Waals surface area contributed by atoms with Crippen molar-refractivity contribution in [3.05, 3.63) is 65.9 Å². The molecule has 5 rings (SSSR count). The fourth-order valence-corrected chi connectivity index (χ4v) is 4.29. The summed E-state index contributed by atoms with van der Waals surface area (Å²) in [6.07, 6.45) is -5.15. The van der Waals surface area contributed by atoms with Crippen LogP contribution < -0.4 is 15.1 Å². The Morgan fingerprint density at radius 3 is 2.53 bits per heavy atom. The molecule has 3 heterocycles. The molecule has 1 N–H and O–H groups in total. The minimum atomic E-state index is -4.73. The van der Waals surface area contributed by atoms with Crippen molar-refractivity contribution in [2.75, 3.05) is 38.1 Å². The summed E-state index contributed by atoms with van der Waals surface area (Å²) in [5, 5.41) is 6.10. The second kappa shape index (κ2) is 9.82. The summed E-state index contributed by atoms with van der Waals surface area (Å²) >= 11 is 0. The average molecular weight is 501 g/mol. The predicted molar refractivity (Wildman–Crippen MR) is 129 cm³/mol. The van der Waals surface area contributed by atoms with E-state index < -0.39 is 12.5 Å². The van der Waals surface area contributed by atoms with Crippen LogP contribution >= 0.6 is 0 Å². The Balaban J connectivity index is 1.22. The van der Waals surface area contributed by atoms with Crippen molar-refractivity contribution in [1.82, 2.24) is 20.5 Å². The molecule has 0 bridgehead atoms. The number of nitrogens with zero attached hydrogens (tertiary/aromatic N) is 5. The number of nitrogens with one attached hydrogen (secondary N) is 1. The number of benzene rings is 2. The molecule has 36 heavy (non-hydrogen) atoms. The molecule has 0 amide bonds. The molecule has 2 aromatic carbocycles. The number of anilines is 1. The number of hydrogen-bond acceptors (Lipinski definition) is 8. The molecule has 3 aromatic rings. The van der Waals surface area contributed by atoms with Gasteiger partial charge in [-0.3, -0.25) is 5.01 Å². The fraction of sp³-hybridized carbons (Fsp3) is 0.360. The van der Waals surface area contributed by atoms with E-state index in [4.69, 9.17) is 4.52 Å². The van der Waals surface area contributed by atoms with Gasteiger partial charge in [0.25, 0.3) is 0 Å². The van der Waals surface area contributed by atoms with E-state index in [-0.39, 0.29) is 5.75 Å². The van der Waals surface area contributed by atoms with E-state index in [2.05, 4.69) is 61.4 Å². The lowest BCUT2D eigenvalue weighted by Crippen LogP contribution is -2.44. The number of aliphatic imine (C=N–C) groups is 1. The standard InChI is InChI=1S/C25H27F3N6O2/c1-17-29-24(22-15-23(36-31-22)19-6-8-21(9-7-19)35-25(26,27)28)30-34(17)16-18-4-3-5-20(14-18)33-12-10-32(2)11-13-33/h3-9,14-15,24,30H,10-13,16H2,1-2H3. The van der Waals surface area contributed by atoms with E-state index in [9.17, 15) is 13.2 Å². The van der Waals surface area contributed by atoms with Gasteiger partial charge in [-0.2, -0.15) is 0 Å². The Kier molecular flexibility index (Phi) is 6.59. The molecule has 2 aliphatic rings. The van der Waals surface area contributed by atoms with Gasteiger partial charge in [-0.25, -0.2) is 10.4 Å². The highest BCUT2D eigenvalue weighted by Crippen LogP contribution is 2.29. The van der Waals surface area contributed by atoms with Crippen molar-refractivity contribution in [1.29, 1.82) is 0 Å². The van der Waals surface area contributed by atoms with Crippen LogP contribution in [0.25, 0.3) is 11.3 Å². The minimum absolute atomic E-state index is 0.295. The van der Waals surface area contributed by atoms with Crippen LogP contribution in [0.1, 0.15) is 24.3 Å². The highest BCUT2D eigenvalue weighted by atomic mass is 19.4. The minimum Gasteiger partial charge on any atom is -0.406 e. The van der Waals surface area contributed by atoms with Gasteiger partial charge in [-0.1, -0.05) is 17.3 Å². The summed E-state index contributed by atoms with van der Waals surface area (Å²) < 4.78 is 46.5. The number of hydrazine groups is 1. The summed E-state index contributed by atoms with van der Waals surface area (Å²) in [7, 11) is 2.15. The molecule has 2 aliphatic heterocycles. The quantitative estimate of drug-likeness (QED) is 0.537. The summed E-state index contributed by atoms with van der Waals surface area (Å²) in [5.74, 6) is 0.954. The third-order valence-electron chi connectivity index (χ3n) is 6.29. The maximum atomic E-state index is 12.4. The van der Waals surface area contributed by atoms with Gasteiger partial charge in [0.15, 0.2) is 11.9 Å². The van der Waals surface area contributed by atoms with E-state index >= 15 is 0 Å². The van der Waals surface area contributed by atoms with E-state index in [1.54, 1.807) is 6.07 Å². The van der Waals surface area contributed by atoms with E-state index in [0.29, 0.717) is 23.6 Å². The van der Waals surface area contributed by atoms with Gasteiger partial charge in [0.1, 0.15) is 17.3 Å². The van der Waals surface area contributed by atoms with Crippen molar-refractivity contribution in [2.45, 2.75) is 26.0 Å². The van der Waals surface area contributed by atoms with Crippen LogP contribution in [0.15, 0.2) is 64.1 Å². The van der Waals surface area contributed by atoms with Crippen molar-refractivity contribution in [3.8, 4) is 17.1 Å². The molecular weight excluding hydrogens is 473 g/mol. The second-order valence-corrected chi connectivity index (χ2v) is 8.94. The van der Waals surface area contributed by atoms with Gasteiger partial charge >= 0.3 is 6.36 Å². The summed E-state index contributed by atoms with van der Waals surface area (Å²) in [6.45, 7) is 6.69. The van der Waals surface area contributed by atoms with Gasteiger partial charge < -0.3 is 19.1 Å². The first kappa shape index (κ1) is 24.1. The van der Waals surface area contributed by atoms with Gasteiger partial charge in [-0.05, 0) is 55.9 Å². The lowest BCUT2D eigenvalue weighted by atomic mass is 10.1. The molecule has 190 valence electrons. The van der Waals surface area contributed by atoms with Crippen LogP contribution in [-0.4, -0.2) is 60.5 Å². The van der Waals surface area contributed by atoms with Crippen molar-refractivity contribution in [2.24, 2.45) is 4.99 Å². The molecule has 0 radical (unpaired) electrons. The van der Waals surface area contributed by atoms with E-state index in [0.717, 1.165) is 37.6 Å². The van der Waals surface area contributed by atoms with Crippen molar-refractivity contribution >= 4 is 11.5 Å². The number of aromatic nitrogens is 1. The maximum absolute atomic E-state index is 12.4. The normalized spacial score (nSPS) is 19.0. The van der Waals surface area contributed by atoms with Crippen LogP contribution in [0.3, 0.4) is 0 Å². The Hall–Kier alpha value is -3.57. The molecular formula is C25H27F3N6O2. The Labute approximate surface area is 206 Å². The van der Waals surface area contributed by atoms with E-state index in [1.807, 2.05) is 11.9 Å². The second-order valence-electron chi connectivity index (χ2n) is 8.94. The number of rotatable bonds is 6. The van der Waals surface area contributed by atoms with Gasteiger partial charge in [0, 0.05) is 43.5 Å². The number of likely N-dealkylation sites (N-methyl/N-ethyl adjacent to an activating group) is 1. The molecule has 1 atom stereocenters. The molecule has 1 unspecified atom stereocenters. The Morgan fingerprint density at radius 1 is 1.06 bits per heavy atom. The number of amidine groups is 1. The monoisotopic (exact) mass is 500 g/mol. The molecule has 1 fully saturated rings. The first-order valence-electron chi connectivity index (χ1n) is 11.7. The zero-order valence-electron chi connectivity index (χ0n) is 20.0. The predicted octanol–water partition coefficient (Wildman–Crippen LogP) is 4.43. The highest BCUT2D eigenvalue weighted by molar-refractivity contribution is 5.81. The molecule has 11 heteroatoms. The van der Waals surface area contributed by atoms with Crippen LogP contribution in [0, 0.1) is 0 Å². The molecule has 0 spiro atoms. The summed E-state index contributed by atoms with van der Waals surface area (Å²) in [6, 6.07) is 15.7. The van der Waals surface area contributed by atoms with Crippen molar-refractivity contribution < 1.29 is 22.4 Å². The third kappa shape index (κ3) is 5.63. The lowest BCUT2D eigenvalue weighted by Gasteiger charge is -2.34. The van der Waals surface area contributed by atoms with Crippen LogP contribution in [0.2, 0.25) is 0 Å². The molecule has 1 saturated heterocycles. The lowest BCUT2D eigenvalue weighted by molar-refractivity contribution is -0.274. The number of piperazine rings is 1. The van der Waals surface area contributed by atoms with Crippen molar-refractivity contribution in [3.63, 3.8) is 0 Å². The Morgan fingerprint density at radius 2 is 1.81 bits per heavy atom. The van der Waals surface area contributed by atoms with Crippen LogP contribution in [0.4, 0.5) is 18.9 Å². The molecule has 8 nitrogen and oxygen atoms in total. The number of hydrogen-bond donors (Lipinski definition) is 1. The molecule has 0 saturated carbocycles. The van der Waals surface area contributed by atoms with Gasteiger partial charge in [0.05, 0.1) is 6.54 Å². The summed E-state index contributed by atoms with van der Waals surface area (Å²) in [4.78, 5) is 9.41. The summed E-state index contributed by atoms with van der Waals surface area (Å²) in [5.41, 5.74) is 6.90. The SMILES string of the molecule is CC1=NC(c2cc(-c3ccc(OC(F)(F)F)cc3)on2)NN1Cc1cccc(N2CCN(C)CC2)c1. The maximum Gasteiger partial charge on any atom is 0.573 e. The van der Waals surface area contributed by atoms with Gasteiger partial charge in [0.2, 0.25) is 0 Å². The smallest absolute Gasteiger partial charge is 0.406 e. The first-order chi connectivity index (χ1) is 17.2. The Bertz CT molecular complexity index is 1220. The highest BCUT2D eigenvalue weighted by Gasteiger charge is 2.31. The number of halogens is 3. The zero-order valence-corrected chi connectivity index (χ0v) is 20.0. The number of alkyl halides is 3. The number of ether oxygens (including phenoxy) is 1. The third-order valence-corrected chi connectivity index (χ3v) is 6.29. The average Bonchev–Trinajstić information content (AvgIpc) is 3.47. The molecule has 1 aromatic heterocycles. The van der Waals surface area contributed by atoms with Crippen LogP contribution in [-0.2, 0) is 6.54 Å². The van der Waals surface area contributed by atoms with Gasteiger partial charge in [-0.15, -0.1) is 13.2 Å². The van der Waals surface area contributed by atoms with Crippen LogP contribution in [0.5, 0.6) is 5.75 Å².